The molecule has 0 bridgehead atoms. The van der Waals surface area contributed by atoms with Crippen molar-refractivity contribution in [3.05, 3.63) is 30.3 Å². The second-order valence-electron chi connectivity index (χ2n) is 3.96. The molecule has 3 nitrogen and oxygen atoms in total. The fourth-order valence-electron chi connectivity index (χ4n) is 1.50. The Hall–Kier alpha value is -1.42. The maximum atomic E-state index is 5.51. The Kier molecular flexibility index (Phi) is 2.36. The minimum absolute atomic E-state index is 0.423. The summed E-state index contributed by atoms with van der Waals surface area (Å²) in [6, 6.07) is 10.1. The molecule has 0 amide bonds. The van der Waals surface area contributed by atoms with Crippen LogP contribution in [0.4, 0.5) is 5.82 Å². The molecule has 1 aromatic carbocycles. The van der Waals surface area contributed by atoms with Gasteiger partial charge in [-0.2, -0.15) is 0 Å². The van der Waals surface area contributed by atoms with Gasteiger partial charge in [0.2, 0.25) is 0 Å². The van der Waals surface area contributed by atoms with E-state index in [-0.39, 0.29) is 0 Å². The zero-order valence-corrected chi connectivity index (χ0v) is 9.54. The lowest BCUT2D eigenvalue weighted by Gasteiger charge is -2.00. The van der Waals surface area contributed by atoms with E-state index in [0.29, 0.717) is 5.82 Å². The Morgan fingerprint density at radius 3 is 2.56 bits per heavy atom. The normalized spacial score (nSPS) is 15.2. The maximum absolute atomic E-state index is 5.51. The Labute approximate surface area is 98.0 Å². The molecule has 1 aliphatic carbocycles. The van der Waals surface area contributed by atoms with Crippen LogP contribution in [0, 0.1) is 0 Å². The zero-order valence-electron chi connectivity index (χ0n) is 8.72. The summed E-state index contributed by atoms with van der Waals surface area (Å²) in [6.07, 6.45) is 2.70. The number of hydrogen-bond donors (Lipinski definition) is 1. The number of nitrogens with two attached hydrogens (primary N) is 1. The van der Waals surface area contributed by atoms with E-state index in [0.717, 1.165) is 16.6 Å². The largest absolute Gasteiger partial charge is 0.381 e. The molecule has 1 aromatic heterocycles. The molecule has 2 aromatic rings. The van der Waals surface area contributed by atoms with Gasteiger partial charge in [0.15, 0.2) is 11.6 Å². The second kappa shape index (κ2) is 3.87. The first-order valence-electron chi connectivity index (χ1n) is 5.30. The summed E-state index contributed by atoms with van der Waals surface area (Å²) in [4.78, 5) is 1.32. The van der Waals surface area contributed by atoms with Crippen LogP contribution in [0.15, 0.2) is 39.8 Å². The van der Waals surface area contributed by atoms with Crippen molar-refractivity contribution in [1.82, 2.24) is 5.16 Å². The fourth-order valence-corrected chi connectivity index (χ4v) is 2.55. The number of benzene rings is 1. The van der Waals surface area contributed by atoms with Crippen molar-refractivity contribution in [3.63, 3.8) is 0 Å². The predicted molar refractivity (Wildman–Crippen MR) is 65.2 cm³/mol. The number of nitrogen functional groups attached to an aromatic ring is 1. The minimum Gasteiger partial charge on any atom is -0.381 e. The van der Waals surface area contributed by atoms with Crippen LogP contribution in [0.25, 0.3) is 11.3 Å². The van der Waals surface area contributed by atoms with Gasteiger partial charge < -0.3 is 10.3 Å². The van der Waals surface area contributed by atoms with Crippen molar-refractivity contribution in [2.45, 2.75) is 23.0 Å². The van der Waals surface area contributed by atoms with Crippen LogP contribution in [0.1, 0.15) is 12.8 Å². The molecule has 0 unspecified atom stereocenters. The Morgan fingerprint density at radius 1 is 1.25 bits per heavy atom. The van der Waals surface area contributed by atoms with E-state index >= 15 is 0 Å². The quantitative estimate of drug-likeness (QED) is 0.883. The van der Waals surface area contributed by atoms with Crippen LogP contribution in [-0.4, -0.2) is 10.4 Å². The molecule has 4 heteroatoms. The zero-order chi connectivity index (χ0) is 11.0. The molecule has 1 saturated carbocycles. The molecule has 1 heterocycles. The average molecular weight is 232 g/mol. The van der Waals surface area contributed by atoms with Crippen LogP contribution in [0.5, 0.6) is 0 Å². The van der Waals surface area contributed by atoms with E-state index in [4.69, 9.17) is 10.3 Å². The standard InChI is InChI=1S/C12H12N2OS/c13-12-7-11(15-14-12)8-1-3-9(4-2-8)16-10-5-6-10/h1-4,7,10H,5-6H2,(H2,13,14). The molecule has 1 fully saturated rings. The monoisotopic (exact) mass is 232 g/mol. The summed E-state index contributed by atoms with van der Waals surface area (Å²) < 4.78 is 5.10. The first-order valence-corrected chi connectivity index (χ1v) is 6.18. The number of rotatable bonds is 3. The van der Waals surface area contributed by atoms with Crippen LogP contribution in [0.2, 0.25) is 0 Å². The van der Waals surface area contributed by atoms with Crippen LogP contribution < -0.4 is 5.73 Å². The highest BCUT2D eigenvalue weighted by molar-refractivity contribution is 8.00. The van der Waals surface area contributed by atoms with Crippen molar-refractivity contribution in [2.75, 3.05) is 5.73 Å². The van der Waals surface area contributed by atoms with Gasteiger partial charge in [-0.1, -0.05) is 17.3 Å². The highest BCUT2D eigenvalue weighted by atomic mass is 32.2. The van der Waals surface area contributed by atoms with Crippen molar-refractivity contribution >= 4 is 17.6 Å². The van der Waals surface area contributed by atoms with Gasteiger partial charge in [0.25, 0.3) is 0 Å². The summed E-state index contributed by atoms with van der Waals surface area (Å²) in [5.41, 5.74) is 6.53. The number of thioether (sulfide) groups is 1. The molecular weight excluding hydrogens is 220 g/mol. The molecule has 0 atom stereocenters. The SMILES string of the molecule is Nc1cc(-c2ccc(SC3CC3)cc2)on1. The molecule has 16 heavy (non-hydrogen) atoms. The van der Waals surface area contributed by atoms with Crippen LogP contribution in [-0.2, 0) is 0 Å². The number of nitrogens with zero attached hydrogens (tertiary/aromatic N) is 1. The van der Waals surface area contributed by atoms with E-state index in [9.17, 15) is 0 Å². The predicted octanol–water partition coefficient (Wildman–Crippen LogP) is 3.18. The third-order valence-corrected chi connectivity index (χ3v) is 3.84. The molecule has 2 N–H and O–H groups in total. The molecular formula is C12H12N2OS. The number of anilines is 1. The Morgan fingerprint density at radius 2 is 2.00 bits per heavy atom. The van der Waals surface area contributed by atoms with Gasteiger partial charge in [-0.3, -0.25) is 0 Å². The van der Waals surface area contributed by atoms with Gasteiger partial charge in [0.05, 0.1) is 0 Å². The molecule has 0 aliphatic heterocycles. The smallest absolute Gasteiger partial charge is 0.169 e. The first kappa shape index (κ1) is 9.78. The van der Waals surface area contributed by atoms with Crippen molar-refractivity contribution in [1.29, 1.82) is 0 Å². The van der Waals surface area contributed by atoms with E-state index in [1.165, 1.54) is 17.7 Å². The summed E-state index contributed by atoms with van der Waals surface area (Å²) in [7, 11) is 0. The Balaban J connectivity index is 1.80. The molecule has 3 rings (SSSR count). The summed E-state index contributed by atoms with van der Waals surface area (Å²) in [6.45, 7) is 0. The third kappa shape index (κ3) is 2.07. The number of aromatic nitrogens is 1. The lowest BCUT2D eigenvalue weighted by molar-refractivity contribution is 0.436. The van der Waals surface area contributed by atoms with Gasteiger partial charge in [0, 0.05) is 21.8 Å². The Bertz CT molecular complexity index is 488. The first-order chi connectivity index (χ1) is 7.81. The van der Waals surface area contributed by atoms with Gasteiger partial charge in [0.1, 0.15) is 0 Å². The summed E-state index contributed by atoms with van der Waals surface area (Å²) in [5.74, 6) is 1.15. The van der Waals surface area contributed by atoms with Gasteiger partial charge >= 0.3 is 0 Å². The minimum atomic E-state index is 0.423. The molecule has 0 radical (unpaired) electrons. The van der Waals surface area contributed by atoms with E-state index in [1.54, 1.807) is 6.07 Å². The molecule has 0 spiro atoms. The highest BCUT2D eigenvalue weighted by Gasteiger charge is 2.22. The van der Waals surface area contributed by atoms with Crippen LogP contribution in [0.3, 0.4) is 0 Å². The van der Waals surface area contributed by atoms with Gasteiger partial charge in [-0.05, 0) is 25.0 Å². The maximum Gasteiger partial charge on any atom is 0.169 e. The fraction of sp³-hybridized carbons (Fsp3) is 0.250. The molecule has 1 aliphatic rings. The van der Waals surface area contributed by atoms with Gasteiger partial charge in [-0.25, -0.2) is 0 Å². The molecule has 82 valence electrons. The summed E-state index contributed by atoms with van der Waals surface area (Å²) in [5, 5.41) is 4.51. The van der Waals surface area contributed by atoms with Crippen molar-refractivity contribution in [3.8, 4) is 11.3 Å². The molecule has 0 saturated heterocycles. The van der Waals surface area contributed by atoms with Crippen molar-refractivity contribution < 1.29 is 4.52 Å². The van der Waals surface area contributed by atoms with E-state index < -0.39 is 0 Å². The second-order valence-corrected chi connectivity index (χ2v) is 5.33. The number of hydrogen-bond acceptors (Lipinski definition) is 4. The average Bonchev–Trinajstić information content (AvgIpc) is 3.00. The van der Waals surface area contributed by atoms with Crippen molar-refractivity contribution in [2.24, 2.45) is 0 Å². The lowest BCUT2D eigenvalue weighted by atomic mass is 10.2. The lowest BCUT2D eigenvalue weighted by Crippen LogP contribution is -1.80. The summed E-state index contributed by atoms with van der Waals surface area (Å²) >= 11 is 1.95. The third-order valence-electron chi connectivity index (χ3n) is 2.49. The van der Waals surface area contributed by atoms with Crippen LogP contribution >= 0.6 is 11.8 Å². The topological polar surface area (TPSA) is 52.0 Å². The highest BCUT2D eigenvalue weighted by Crippen LogP contribution is 2.39. The van der Waals surface area contributed by atoms with E-state index in [2.05, 4.69) is 17.3 Å². The van der Waals surface area contributed by atoms with Gasteiger partial charge in [-0.15, -0.1) is 11.8 Å². The van der Waals surface area contributed by atoms with E-state index in [1.807, 2.05) is 23.9 Å².